The van der Waals surface area contributed by atoms with Crippen LogP contribution in [-0.2, 0) is 34.4 Å². The van der Waals surface area contributed by atoms with Crippen LogP contribution in [0.4, 0.5) is 0 Å². The van der Waals surface area contributed by atoms with E-state index in [0.29, 0.717) is 12.8 Å². The van der Waals surface area contributed by atoms with Crippen LogP contribution in [0.1, 0.15) is 46.6 Å². The van der Waals surface area contributed by atoms with Gasteiger partial charge in [0.05, 0.1) is 31.9 Å². The van der Waals surface area contributed by atoms with Crippen molar-refractivity contribution in [1.82, 2.24) is 5.32 Å². The molecule has 170 valence electrons. The third kappa shape index (κ3) is 9.41. The van der Waals surface area contributed by atoms with Gasteiger partial charge in [0.25, 0.3) is 0 Å². The minimum atomic E-state index is -3.45. The van der Waals surface area contributed by atoms with Gasteiger partial charge < -0.3 is 19.1 Å². The summed E-state index contributed by atoms with van der Waals surface area (Å²) in [4.78, 5) is 25.5. The first-order chi connectivity index (χ1) is 14.2. The highest BCUT2D eigenvalue weighted by Crippen LogP contribution is 2.50. The maximum absolute atomic E-state index is 13.2. The number of esters is 1. The molecule has 8 heteroatoms. The highest BCUT2D eigenvalue weighted by atomic mass is 31.2. The molecule has 0 saturated carbocycles. The summed E-state index contributed by atoms with van der Waals surface area (Å²) in [5.74, 6) is -1.32. The quantitative estimate of drug-likeness (QED) is 0.344. The zero-order chi connectivity index (χ0) is 22.6. The Balaban J connectivity index is 3.09. The third-order valence-corrected chi connectivity index (χ3v) is 6.58. The highest BCUT2D eigenvalue weighted by Gasteiger charge is 2.34. The van der Waals surface area contributed by atoms with E-state index in [1.165, 1.54) is 0 Å². The molecule has 0 fully saturated rings. The molecule has 2 atom stereocenters. The molecule has 1 amide bonds. The van der Waals surface area contributed by atoms with Gasteiger partial charge in [0.2, 0.25) is 5.91 Å². The molecular formula is C22H36NO6P. The molecule has 0 aliphatic rings. The predicted octanol–water partition coefficient (Wildman–Crippen LogP) is 4.21. The van der Waals surface area contributed by atoms with Gasteiger partial charge in [0.15, 0.2) is 0 Å². The molecular weight excluding hydrogens is 405 g/mol. The van der Waals surface area contributed by atoms with Gasteiger partial charge in [-0.2, -0.15) is 0 Å². The van der Waals surface area contributed by atoms with Crippen molar-refractivity contribution in [3.63, 3.8) is 0 Å². The van der Waals surface area contributed by atoms with Crippen molar-refractivity contribution in [3.05, 3.63) is 35.9 Å². The number of benzene rings is 1. The zero-order valence-corrected chi connectivity index (χ0v) is 19.7. The second-order valence-corrected chi connectivity index (χ2v) is 9.56. The van der Waals surface area contributed by atoms with E-state index >= 15 is 0 Å². The van der Waals surface area contributed by atoms with E-state index in [1.54, 1.807) is 20.8 Å². The number of rotatable bonds is 14. The number of hydrogen-bond donors (Lipinski definition) is 1. The third-order valence-electron chi connectivity index (χ3n) is 4.39. The molecule has 1 aromatic carbocycles. The Morgan fingerprint density at radius 1 is 1.00 bits per heavy atom. The Kier molecular flexibility index (Phi) is 11.9. The smallest absolute Gasteiger partial charge is 0.331 e. The SMILES string of the molecule is CCOC(=O)[C@H](CC(C)C)NC(=O)C(Cc1ccccc1)CP(=O)(OCC)OCC. The summed E-state index contributed by atoms with van der Waals surface area (Å²) in [6.07, 6.45) is 0.748. The summed E-state index contributed by atoms with van der Waals surface area (Å²) in [5.41, 5.74) is 0.925. The van der Waals surface area contributed by atoms with Crippen LogP contribution in [0.25, 0.3) is 0 Å². The molecule has 0 aromatic heterocycles. The van der Waals surface area contributed by atoms with Crippen LogP contribution in [0, 0.1) is 11.8 Å². The summed E-state index contributed by atoms with van der Waals surface area (Å²) >= 11 is 0. The van der Waals surface area contributed by atoms with Gasteiger partial charge in [-0.3, -0.25) is 9.36 Å². The van der Waals surface area contributed by atoms with Crippen molar-refractivity contribution in [2.45, 2.75) is 53.5 Å². The average molecular weight is 442 g/mol. The first kappa shape index (κ1) is 26.3. The fraction of sp³-hybridized carbons (Fsp3) is 0.636. The second kappa shape index (κ2) is 13.6. The minimum absolute atomic E-state index is 0.0629. The van der Waals surface area contributed by atoms with Crippen LogP contribution >= 0.6 is 7.60 Å². The number of carbonyl (C=O) groups is 2. The van der Waals surface area contributed by atoms with Gasteiger partial charge in [-0.1, -0.05) is 44.2 Å². The number of amides is 1. The van der Waals surface area contributed by atoms with Crippen molar-refractivity contribution < 1.29 is 27.9 Å². The van der Waals surface area contributed by atoms with Crippen molar-refractivity contribution in [1.29, 1.82) is 0 Å². The Morgan fingerprint density at radius 3 is 2.10 bits per heavy atom. The highest BCUT2D eigenvalue weighted by molar-refractivity contribution is 7.53. The van der Waals surface area contributed by atoms with Crippen LogP contribution in [0.15, 0.2) is 30.3 Å². The van der Waals surface area contributed by atoms with E-state index in [0.717, 1.165) is 5.56 Å². The van der Waals surface area contributed by atoms with Gasteiger partial charge in [0, 0.05) is 0 Å². The molecule has 0 heterocycles. The fourth-order valence-electron chi connectivity index (χ4n) is 3.16. The summed E-state index contributed by atoms with van der Waals surface area (Å²) in [6, 6.07) is 8.72. The predicted molar refractivity (Wildman–Crippen MR) is 117 cm³/mol. The lowest BCUT2D eigenvalue weighted by atomic mass is 9.98. The Hall–Kier alpha value is -1.69. The number of hydrogen-bond acceptors (Lipinski definition) is 6. The van der Waals surface area contributed by atoms with E-state index in [4.69, 9.17) is 13.8 Å². The molecule has 1 aromatic rings. The van der Waals surface area contributed by atoms with Gasteiger partial charge in [-0.05, 0) is 45.1 Å². The molecule has 0 spiro atoms. The summed E-state index contributed by atoms with van der Waals surface area (Å²) < 4.78 is 29.0. The van der Waals surface area contributed by atoms with Crippen molar-refractivity contribution in [2.75, 3.05) is 26.0 Å². The van der Waals surface area contributed by atoms with Crippen LogP contribution in [0.3, 0.4) is 0 Å². The number of carbonyl (C=O) groups excluding carboxylic acids is 2. The Labute approximate surface area is 180 Å². The maximum atomic E-state index is 13.2. The summed E-state index contributed by atoms with van der Waals surface area (Å²) in [6.45, 7) is 9.81. The minimum Gasteiger partial charge on any atom is -0.464 e. The van der Waals surface area contributed by atoms with Crippen molar-refractivity contribution >= 4 is 19.5 Å². The standard InChI is InChI=1S/C22H36NO6P/c1-6-27-22(25)20(14-17(4)5)23-21(24)19(15-18-12-10-9-11-13-18)16-30(26,28-7-2)29-8-3/h9-13,17,19-20H,6-8,14-16H2,1-5H3,(H,23,24)/t19?,20-/m0/s1. The number of ether oxygens (including phenoxy) is 1. The van der Waals surface area contributed by atoms with Crippen molar-refractivity contribution in [3.8, 4) is 0 Å². The Morgan fingerprint density at radius 2 is 1.60 bits per heavy atom. The normalized spacial score (nSPS) is 13.7. The second-order valence-electron chi connectivity index (χ2n) is 7.46. The topological polar surface area (TPSA) is 90.9 Å². The van der Waals surface area contributed by atoms with E-state index in [1.807, 2.05) is 44.2 Å². The molecule has 30 heavy (non-hydrogen) atoms. The van der Waals surface area contributed by atoms with Gasteiger partial charge in [0.1, 0.15) is 6.04 Å². The van der Waals surface area contributed by atoms with E-state index < -0.39 is 25.5 Å². The largest absolute Gasteiger partial charge is 0.464 e. The van der Waals surface area contributed by atoms with Gasteiger partial charge in [-0.15, -0.1) is 0 Å². The molecule has 1 rings (SSSR count). The number of nitrogens with one attached hydrogen (secondary N) is 1. The molecule has 0 aliphatic carbocycles. The first-order valence-electron chi connectivity index (χ1n) is 10.6. The molecule has 0 saturated heterocycles. The molecule has 7 nitrogen and oxygen atoms in total. The first-order valence-corrected chi connectivity index (χ1v) is 12.4. The van der Waals surface area contributed by atoms with Crippen LogP contribution in [0.2, 0.25) is 0 Å². The lowest BCUT2D eigenvalue weighted by molar-refractivity contribution is -0.148. The monoisotopic (exact) mass is 441 g/mol. The molecule has 1 N–H and O–H groups in total. The van der Waals surface area contributed by atoms with E-state index in [2.05, 4.69) is 5.32 Å². The molecule has 1 unspecified atom stereocenters. The summed E-state index contributed by atoms with van der Waals surface area (Å²) in [7, 11) is -3.45. The van der Waals surface area contributed by atoms with E-state index in [-0.39, 0.29) is 37.8 Å². The molecule has 0 aliphatic heterocycles. The van der Waals surface area contributed by atoms with Gasteiger partial charge >= 0.3 is 13.6 Å². The lowest BCUT2D eigenvalue weighted by Gasteiger charge is -2.25. The molecule has 0 radical (unpaired) electrons. The van der Waals surface area contributed by atoms with Crippen LogP contribution < -0.4 is 5.32 Å². The van der Waals surface area contributed by atoms with E-state index in [9.17, 15) is 14.2 Å². The maximum Gasteiger partial charge on any atom is 0.331 e. The average Bonchev–Trinajstić information content (AvgIpc) is 2.68. The summed E-state index contributed by atoms with van der Waals surface area (Å²) in [5, 5.41) is 2.81. The fourth-order valence-corrected chi connectivity index (χ4v) is 5.07. The van der Waals surface area contributed by atoms with Crippen LogP contribution in [0.5, 0.6) is 0 Å². The van der Waals surface area contributed by atoms with Crippen molar-refractivity contribution in [2.24, 2.45) is 11.8 Å². The van der Waals surface area contributed by atoms with Crippen LogP contribution in [-0.4, -0.2) is 43.9 Å². The van der Waals surface area contributed by atoms with Gasteiger partial charge in [-0.25, -0.2) is 4.79 Å². The Bertz CT molecular complexity index is 684. The molecule has 0 bridgehead atoms. The lowest BCUT2D eigenvalue weighted by Crippen LogP contribution is -2.46. The zero-order valence-electron chi connectivity index (χ0n) is 18.8.